The molecule has 164 valence electrons. The number of hydrogen-bond acceptors (Lipinski definition) is 0. The SMILES string of the molecule is BrC1=CC2c3ccc4c5ccccc5n(-c5ccccc5)c4c3C(c3ccccc3)CC2C=C1. The monoisotopic (exact) mass is 501 g/mol. The highest BCUT2D eigenvalue weighted by molar-refractivity contribution is 9.11. The van der Waals surface area contributed by atoms with Crippen LogP contribution in [0.2, 0.25) is 0 Å². The Kier molecular flexibility index (Phi) is 4.63. The zero-order valence-electron chi connectivity index (χ0n) is 18.7. The van der Waals surface area contributed by atoms with Gasteiger partial charge in [0.05, 0.1) is 11.0 Å². The number of hydrogen-bond donors (Lipinski definition) is 0. The van der Waals surface area contributed by atoms with Crippen molar-refractivity contribution in [1.29, 1.82) is 0 Å². The van der Waals surface area contributed by atoms with Crippen molar-refractivity contribution < 1.29 is 0 Å². The smallest absolute Gasteiger partial charge is 0.0582 e. The van der Waals surface area contributed by atoms with Gasteiger partial charge in [-0.3, -0.25) is 0 Å². The molecule has 1 nitrogen and oxygen atoms in total. The molecule has 0 aliphatic heterocycles. The van der Waals surface area contributed by atoms with Crippen LogP contribution in [-0.2, 0) is 0 Å². The molecule has 1 aromatic heterocycles. The summed E-state index contributed by atoms with van der Waals surface area (Å²) in [7, 11) is 0. The van der Waals surface area contributed by atoms with Gasteiger partial charge in [-0.25, -0.2) is 0 Å². The molecular weight excluding hydrogens is 478 g/mol. The normalized spacial score (nSPS) is 21.3. The fourth-order valence-corrected chi connectivity index (χ4v) is 6.65. The molecule has 0 radical (unpaired) electrons. The maximum atomic E-state index is 3.76. The second kappa shape index (κ2) is 7.85. The number of allylic oxidation sites excluding steroid dienone is 4. The fourth-order valence-electron chi connectivity index (χ4n) is 6.21. The highest BCUT2D eigenvalue weighted by Gasteiger charge is 2.37. The van der Waals surface area contributed by atoms with Gasteiger partial charge in [0, 0.05) is 32.8 Å². The van der Waals surface area contributed by atoms with Gasteiger partial charge in [0.15, 0.2) is 0 Å². The first kappa shape index (κ1) is 20.1. The standard InChI is InChI=1S/C32H24BrN/c33-23-16-15-22-19-29(21-9-3-1-4-10-21)31-26(28(22)20-23)17-18-27-25-13-7-8-14-30(25)34(32(27)31)24-11-5-2-6-12-24/h1-18,20,22,28-29H,19H2. The molecule has 3 atom stereocenters. The van der Waals surface area contributed by atoms with E-state index in [1.807, 2.05) is 0 Å². The highest BCUT2D eigenvalue weighted by Crippen LogP contribution is 2.52. The summed E-state index contributed by atoms with van der Waals surface area (Å²) in [6.45, 7) is 0. The maximum Gasteiger partial charge on any atom is 0.0582 e. The molecule has 2 aliphatic rings. The van der Waals surface area contributed by atoms with Crippen molar-refractivity contribution in [3.05, 3.63) is 136 Å². The van der Waals surface area contributed by atoms with Crippen LogP contribution in [0.25, 0.3) is 27.5 Å². The first-order valence-corrected chi connectivity index (χ1v) is 12.8. The van der Waals surface area contributed by atoms with Crippen LogP contribution < -0.4 is 0 Å². The van der Waals surface area contributed by atoms with E-state index in [9.17, 15) is 0 Å². The molecule has 0 saturated heterocycles. The predicted octanol–water partition coefficient (Wildman–Crippen LogP) is 8.87. The van der Waals surface area contributed by atoms with Crippen LogP contribution >= 0.6 is 15.9 Å². The molecule has 2 heteroatoms. The lowest BCUT2D eigenvalue weighted by atomic mass is 9.66. The third-order valence-corrected chi connectivity index (χ3v) is 8.17. The van der Waals surface area contributed by atoms with Gasteiger partial charge in [0.25, 0.3) is 0 Å². The summed E-state index contributed by atoms with van der Waals surface area (Å²) in [5.41, 5.74) is 8.19. The molecule has 1 heterocycles. The Morgan fingerprint density at radius 1 is 0.735 bits per heavy atom. The molecule has 0 fully saturated rings. The number of nitrogens with zero attached hydrogens (tertiary/aromatic N) is 1. The minimum atomic E-state index is 0.350. The van der Waals surface area contributed by atoms with E-state index in [4.69, 9.17) is 0 Å². The molecule has 5 aromatic rings. The van der Waals surface area contributed by atoms with Gasteiger partial charge in [-0.05, 0) is 47.2 Å². The number of aromatic nitrogens is 1. The quantitative estimate of drug-likeness (QED) is 0.227. The van der Waals surface area contributed by atoms with Gasteiger partial charge < -0.3 is 4.57 Å². The zero-order valence-corrected chi connectivity index (χ0v) is 20.3. The van der Waals surface area contributed by atoms with E-state index >= 15 is 0 Å². The van der Waals surface area contributed by atoms with Gasteiger partial charge in [-0.2, -0.15) is 0 Å². The number of para-hydroxylation sites is 2. The van der Waals surface area contributed by atoms with Gasteiger partial charge >= 0.3 is 0 Å². The average Bonchev–Trinajstić information content (AvgIpc) is 3.24. The minimum Gasteiger partial charge on any atom is -0.309 e. The second-order valence-corrected chi connectivity index (χ2v) is 10.4. The summed E-state index contributed by atoms with van der Waals surface area (Å²) in [6, 6.07) is 35.6. The lowest BCUT2D eigenvalue weighted by Gasteiger charge is -2.38. The molecule has 34 heavy (non-hydrogen) atoms. The van der Waals surface area contributed by atoms with E-state index in [2.05, 4.69) is 136 Å². The van der Waals surface area contributed by atoms with Gasteiger partial charge in [-0.15, -0.1) is 0 Å². The lowest BCUT2D eigenvalue weighted by Crippen LogP contribution is -2.24. The van der Waals surface area contributed by atoms with Crippen molar-refractivity contribution in [3.63, 3.8) is 0 Å². The number of halogens is 1. The van der Waals surface area contributed by atoms with Crippen molar-refractivity contribution in [1.82, 2.24) is 4.57 Å². The van der Waals surface area contributed by atoms with Crippen LogP contribution in [0.15, 0.2) is 120 Å². The van der Waals surface area contributed by atoms with Crippen LogP contribution in [0.5, 0.6) is 0 Å². The lowest BCUT2D eigenvalue weighted by molar-refractivity contribution is 0.465. The van der Waals surface area contributed by atoms with E-state index in [1.54, 1.807) is 0 Å². The van der Waals surface area contributed by atoms with Crippen LogP contribution in [0.1, 0.15) is 34.9 Å². The third-order valence-electron chi connectivity index (χ3n) is 7.64. The summed E-state index contributed by atoms with van der Waals surface area (Å²) < 4.78 is 3.68. The molecule has 0 N–H and O–H groups in total. The largest absolute Gasteiger partial charge is 0.309 e. The first-order chi connectivity index (χ1) is 16.8. The molecule has 7 rings (SSSR count). The Morgan fingerprint density at radius 2 is 1.47 bits per heavy atom. The Hall–Kier alpha value is -3.36. The van der Waals surface area contributed by atoms with E-state index in [-0.39, 0.29) is 0 Å². The predicted molar refractivity (Wildman–Crippen MR) is 146 cm³/mol. The number of fused-ring (bicyclic) bond motifs is 7. The van der Waals surface area contributed by atoms with E-state index in [0.717, 1.165) is 6.42 Å². The molecule has 0 amide bonds. The summed E-state index contributed by atoms with van der Waals surface area (Å²) in [6.07, 6.45) is 8.16. The van der Waals surface area contributed by atoms with E-state index < -0.39 is 0 Å². The second-order valence-electron chi connectivity index (χ2n) is 9.45. The van der Waals surface area contributed by atoms with Gasteiger partial charge in [0.1, 0.15) is 0 Å². The summed E-state index contributed by atoms with van der Waals surface area (Å²) in [4.78, 5) is 0. The maximum absolute atomic E-state index is 3.76. The Bertz CT molecular complexity index is 1590. The molecule has 0 saturated carbocycles. The minimum absolute atomic E-state index is 0.350. The Labute approximate surface area is 208 Å². The van der Waals surface area contributed by atoms with E-state index in [0.29, 0.717) is 17.8 Å². The van der Waals surface area contributed by atoms with Crippen LogP contribution in [0.4, 0.5) is 0 Å². The first-order valence-electron chi connectivity index (χ1n) is 12.0. The van der Waals surface area contributed by atoms with Crippen molar-refractivity contribution in [3.8, 4) is 5.69 Å². The summed E-state index contributed by atoms with van der Waals surface area (Å²) >= 11 is 3.76. The molecular formula is C32H24BrN. The Balaban J connectivity index is 1.63. The number of rotatable bonds is 2. The van der Waals surface area contributed by atoms with E-state index in [1.165, 1.54) is 48.7 Å². The van der Waals surface area contributed by atoms with Crippen LogP contribution in [0, 0.1) is 5.92 Å². The molecule has 4 aromatic carbocycles. The summed E-state index contributed by atoms with van der Waals surface area (Å²) in [5, 5.41) is 2.66. The van der Waals surface area contributed by atoms with Gasteiger partial charge in [0.2, 0.25) is 0 Å². The van der Waals surface area contributed by atoms with Gasteiger partial charge in [-0.1, -0.05) is 113 Å². The average molecular weight is 502 g/mol. The molecule has 2 aliphatic carbocycles. The number of benzene rings is 4. The molecule has 3 unspecified atom stereocenters. The zero-order chi connectivity index (χ0) is 22.6. The fraction of sp³-hybridized carbons (Fsp3) is 0.125. The highest BCUT2D eigenvalue weighted by atomic mass is 79.9. The van der Waals surface area contributed by atoms with Crippen LogP contribution in [-0.4, -0.2) is 4.57 Å². The third kappa shape index (κ3) is 2.98. The van der Waals surface area contributed by atoms with Crippen LogP contribution in [0.3, 0.4) is 0 Å². The molecule has 0 spiro atoms. The van der Waals surface area contributed by atoms with Crippen molar-refractivity contribution >= 4 is 37.7 Å². The summed E-state index contributed by atoms with van der Waals surface area (Å²) in [5.74, 6) is 1.25. The Morgan fingerprint density at radius 3 is 2.29 bits per heavy atom. The van der Waals surface area contributed by atoms with Crippen molar-refractivity contribution in [2.75, 3.05) is 0 Å². The topological polar surface area (TPSA) is 4.93 Å². The van der Waals surface area contributed by atoms with Crippen molar-refractivity contribution in [2.45, 2.75) is 18.3 Å². The van der Waals surface area contributed by atoms with Crippen molar-refractivity contribution in [2.24, 2.45) is 5.92 Å². The molecule has 0 bridgehead atoms.